The molecule has 0 radical (unpaired) electrons. The first-order valence-corrected chi connectivity index (χ1v) is 11.8. The van der Waals surface area contributed by atoms with Gasteiger partial charge in [-0.25, -0.2) is 8.42 Å². The SMILES string of the molecule is C[C@@H](COc1cccc2ncccc12)N(Oc1ccc(Cl)cc1)S(=O)(=O)c1ccccc1. The zero-order chi connectivity index (χ0) is 22.6. The number of benzene rings is 3. The molecule has 0 unspecified atom stereocenters. The van der Waals surface area contributed by atoms with Crippen LogP contribution in [0.3, 0.4) is 0 Å². The number of aromatic nitrogens is 1. The number of nitrogens with zero attached hydrogens (tertiary/aromatic N) is 2. The maximum absolute atomic E-state index is 13.4. The fourth-order valence-electron chi connectivity index (χ4n) is 3.14. The molecule has 0 saturated heterocycles. The summed E-state index contributed by atoms with van der Waals surface area (Å²) in [6.45, 7) is 1.79. The quantitative estimate of drug-likeness (QED) is 0.326. The minimum absolute atomic E-state index is 0.0632. The number of hydroxylamine groups is 1. The molecule has 0 aliphatic rings. The molecule has 6 nitrogen and oxygen atoms in total. The molecule has 0 spiro atoms. The lowest BCUT2D eigenvalue weighted by Gasteiger charge is -2.27. The maximum Gasteiger partial charge on any atom is 0.274 e. The first-order chi connectivity index (χ1) is 15.4. The van der Waals surface area contributed by atoms with Crippen molar-refractivity contribution < 1.29 is 18.0 Å². The molecule has 0 saturated carbocycles. The largest absolute Gasteiger partial charge is 0.491 e. The zero-order valence-electron chi connectivity index (χ0n) is 17.3. The molecule has 1 heterocycles. The van der Waals surface area contributed by atoms with E-state index in [1.165, 1.54) is 12.1 Å². The van der Waals surface area contributed by atoms with Gasteiger partial charge in [0.2, 0.25) is 0 Å². The summed E-state index contributed by atoms with van der Waals surface area (Å²) < 4.78 is 33.7. The summed E-state index contributed by atoms with van der Waals surface area (Å²) >= 11 is 5.95. The van der Waals surface area contributed by atoms with Crippen molar-refractivity contribution in [2.24, 2.45) is 0 Å². The molecular weight excluding hydrogens is 448 g/mol. The standard InChI is InChI=1S/C24H21ClN2O4S/c1-18(17-30-24-11-5-10-23-22(24)9-6-16-26-23)27(31-20-14-12-19(25)13-15-20)32(28,29)21-7-3-2-4-8-21/h2-16,18H,17H2,1H3/t18-/m0/s1. The summed E-state index contributed by atoms with van der Waals surface area (Å²) in [5.41, 5.74) is 0.795. The minimum Gasteiger partial charge on any atom is -0.491 e. The van der Waals surface area contributed by atoms with E-state index >= 15 is 0 Å². The summed E-state index contributed by atoms with van der Waals surface area (Å²) in [4.78, 5) is 10.3. The Bertz CT molecular complexity index is 1290. The third kappa shape index (κ3) is 4.85. The molecule has 164 valence electrons. The summed E-state index contributed by atoms with van der Waals surface area (Å²) in [5, 5.41) is 1.37. The van der Waals surface area contributed by atoms with Gasteiger partial charge in [-0.2, -0.15) is 0 Å². The zero-order valence-corrected chi connectivity index (χ0v) is 18.8. The van der Waals surface area contributed by atoms with E-state index in [-0.39, 0.29) is 11.5 Å². The van der Waals surface area contributed by atoms with Gasteiger partial charge in [0.15, 0.2) is 0 Å². The topological polar surface area (TPSA) is 68.7 Å². The van der Waals surface area contributed by atoms with Crippen LogP contribution in [0.4, 0.5) is 0 Å². The summed E-state index contributed by atoms with van der Waals surface area (Å²) in [7, 11) is -3.97. The van der Waals surface area contributed by atoms with Crippen molar-refractivity contribution in [1.82, 2.24) is 9.45 Å². The normalized spacial score (nSPS) is 12.6. The van der Waals surface area contributed by atoms with E-state index in [9.17, 15) is 8.42 Å². The fraction of sp³-hybridized carbons (Fsp3) is 0.125. The molecule has 0 amide bonds. The predicted molar refractivity (Wildman–Crippen MR) is 124 cm³/mol. The van der Waals surface area contributed by atoms with Crippen molar-refractivity contribution in [2.45, 2.75) is 17.9 Å². The second kappa shape index (κ2) is 9.56. The molecule has 4 aromatic rings. The van der Waals surface area contributed by atoms with Crippen molar-refractivity contribution in [3.05, 3.63) is 96.1 Å². The Kier molecular flexibility index (Phi) is 6.60. The average Bonchev–Trinajstić information content (AvgIpc) is 2.82. The Hall–Kier alpha value is -3.13. The molecule has 1 atom stereocenters. The van der Waals surface area contributed by atoms with Gasteiger partial charge in [0.1, 0.15) is 18.1 Å². The Morgan fingerprint density at radius 3 is 2.44 bits per heavy atom. The van der Waals surface area contributed by atoms with E-state index in [4.69, 9.17) is 21.2 Å². The predicted octanol–water partition coefficient (Wildman–Crippen LogP) is 5.34. The van der Waals surface area contributed by atoms with Crippen LogP contribution in [0.25, 0.3) is 10.9 Å². The van der Waals surface area contributed by atoms with Crippen LogP contribution < -0.4 is 9.57 Å². The van der Waals surface area contributed by atoms with Crippen LogP contribution in [-0.4, -0.2) is 30.5 Å². The fourth-order valence-corrected chi connectivity index (χ4v) is 4.70. The van der Waals surface area contributed by atoms with Gasteiger partial charge < -0.3 is 9.57 Å². The van der Waals surface area contributed by atoms with Crippen LogP contribution in [0.15, 0.2) is 96.0 Å². The van der Waals surface area contributed by atoms with Crippen molar-refractivity contribution >= 4 is 32.5 Å². The number of sulfonamides is 1. The summed E-state index contributed by atoms with van der Waals surface area (Å²) in [5.74, 6) is 0.959. The van der Waals surface area contributed by atoms with Crippen LogP contribution in [0.2, 0.25) is 5.02 Å². The Morgan fingerprint density at radius 2 is 1.69 bits per heavy atom. The number of fused-ring (bicyclic) bond motifs is 1. The molecule has 4 rings (SSSR count). The van der Waals surface area contributed by atoms with E-state index in [1.54, 1.807) is 55.6 Å². The van der Waals surface area contributed by atoms with Gasteiger partial charge in [-0.15, -0.1) is 0 Å². The van der Waals surface area contributed by atoms with E-state index < -0.39 is 16.1 Å². The van der Waals surface area contributed by atoms with Crippen LogP contribution >= 0.6 is 11.6 Å². The highest BCUT2D eigenvalue weighted by atomic mass is 35.5. The molecule has 32 heavy (non-hydrogen) atoms. The highest BCUT2D eigenvalue weighted by Crippen LogP contribution is 2.26. The van der Waals surface area contributed by atoms with E-state index in [2.05, 4.69) is 4.98 Å². The molecule has 0 fully saturated rings. The van der Waals surface area contributed by atoms with Crippen LogP contribution in [0, 0.1) is 0 Å². The lowest BCUT2D eigenvalue weighted by atomic mass is 10.2. The highest BCUT2D eigenvalue weighted by Gasteiger charge is 2.32. The minimum atomic E-state index is -3.97. The number of rotatable bonds is 8. The van der Waals surface area contributed by atoms with Crippen molar-refractivity contribution in [3.8, 4) is 11.5 Å². The van der Waals surface area contributed by atoms with Crippen molar-refractivity contribution in [3.63, 3.8) is 0 Å². The van der Waals surface area contributed by atoms with Crippen LogP contribution in [-0.2, 0) is 10.0 Å². The van der Waals surface area contributed by atoms with E-state index in [0.29, 0.717) is 16.5 Å². The smallest absolute Gasteiger partial charge is 0.274 e. The lowest BCUT2D eigenvalue weighted by Crippen LogP contribution is -2.44. The first kappa shape index (κ1) is 22.1. The second-order valence-corrected chi connectivity index (χ2v) is 9.32. The Morgan fingerprint density at radius 1 is 0.938 bits per heavy atom. The lowest BCUT2D eigenvalue weighted by molar-refractivity contribution is -0.0131. The molecule has 8 heteroatoms. The maximum atomic E-state index is 13.4. The molecular formula is C24H21ClN2O4S. The van der Waals surface area contributed by atoms with Crippen LogP contribution in [0.1, 0.15) is 6.92 Å². The summed E-state index contributed by atoms with van der Waals surface area (Å²) in [6.07, 6.45) is 1.71. The number of ether oxygens (including phenoxy) is 1. The molecule has 1 aromatic heterocycles. The van der Waals surface area contributed by atoms with Crippen molar-refractivity contribution in [2.75, 3.05) is 6.61 Å². The Labute approximate surface area is 192 Å². The Balaban J connectivity index is 1.62. The average molecular weight is 469 g/mol. The monoisotopic (exact) mass is 468 g/mol. The van der Waals surface area contributed by atoms with Gasteiger partial charge >= 0.3 is 0 Å². The van der Waals surface area contributed by atoms with Crippen LogP contribution in [0.5, 0.6) is 11.5 Å². The number of hydrogen-bond donors (Lipinski definition) is 0. The number of halogens is 1. The molecule has 3 aromatic carbocycles. The third-order valence-corrected chi connectivity index (χ3v) is 6.76. The van der Waals surface area contributed by atoms with Gasteiger partial charge in [0.25, 0.3) is 10.0 Å². The van der Waals surface area contributed by atoms with Crippen molar-refractivity contribution in [1.29, 1.82) is 0 Å². The number of hydrogen-bond acceptors (Lipinski definition) is 5. The molecule has 0 aliphatic heterocycles. The highest BCUT2D eigenvalue weighted by molar-refractivity contribution is 7.89. The molecule has 0 bridgehead atoms. The van der Waals surface area contributed by atoms with E-state index in [1.807, 2.05) is 30.3 Å². The second-order valence-electron chi connectivity index (χ2n) is 7.10. The van der Waals surface area contributed by atoms with Gasteiger partial charge in [-0.3, -0.25) is 4.98 Å². The van der Waals surface area contributed by atoms with E-state index in [0.717, 1.165) is 15.4 Å². The van der Waals surface area contributed by atoms with Gasteiger partial charge in [0, 0.05) is 16.6 Å². The van der Waals surface area contributed by atoms with Gasteiger partial charge in [-0.05, 0) is 72.1 Å². The van der Waals surface area contributed by atoms with Gasteiger partial charge in [-0.1, -0.05) is 35.9 Å². The molecule has 0 N–H and O–H groups in total. The number of pyridine rings is 1. The summed E-state index contributed by atoms with van der Waals surface area (Å²) in [6, 6.07) is 23.3. The first-order valence-electron chi connectivity index (χ1n) is 9.95. The molecule has 0 aliphatic carbocycles. The van der Waals surface area contributed by atoms with Gasteiger partial charge in [0.05, 0.1) is 16.5 Å². The third-order valence-electron chi connectivity index (χ3n) is 4.73.